The highest BCUT2D eigenvalue weighted by Gasteiger charge is 2.15. The first-order chi connectivity index (χ1) is 28.2. The fraction of sp³-hybridized carbons (Fsp3) is 0. The van der Waals surface area contributed by atoms with Crippen molar-refractivity contribution < 1.29 is 0 Å². The molecule has 2 N–H and O–H groups in total. The van der Waals surface area contributed by atoms with Gasteiger partial charge in [-0.15, -0.1) is 0 Å². The molecular formula is C54H39N3. The SMILES string of the molecule is Nc1ccc(-c2ccc(N(c3ccc(-c4ccc(-n5c6ccccc6c6ccccc65)cc4)cc3)c3ccc(-c4cccc(-c5ccccc5)c4)cc3)cc2)cc1. The number of hydrogen-bond acceptors (Lipinski definition) is 2. The van der Waals surface area contributed by atoms with E-state index in [1.807, 2.05) is 12.1 Å². The Morgan fingerprint density at radius 1 is 0.298 bits per heavy atom. The van der Waals surface area contributed by atoms with Crippen LogP contribution in [-0.4, -0.2) is 4.57 Å². The second-order valence-corrected chi connectivity index (χ2v) is 14.5. The molecule has 1 aromatic heterocycles. The second kappa shape index (κ2) is 14.6. The van der Waals surface area contributed by atoms with Gasteiger partial charge in [0.05, 0.1) is 11.0 Å². The van der Waals surface area contributed by atoms with Crippen molar-refractivity contribution in [3.8, 4) is 50.2 Å². The van der Waals surface area contributed by atoms with Gasteiger partial charge in [-0.1, -0.05) is 146 Å². The number of rotatable bonds is 8. The zero-order valence-electron chi connectivity index (χ0n) is 31.3. The Hall–Kier alpha value is -7.62. The van der Waals surface area contributed by atoms with E-state index in [0.29, 0.717) is 0 Å². The third kappa shape index (κ3) is 6.52. The zero-order valence-corrected chi connectivity index (χ0v) is 31.3. The molecule has 0 atom stereocenters. The standard InChI is InChI=1S/C54H39N3/c55-46-27-17-39(18-28-46)40-19-29-47(30-20-40)56(49-33-25-43(26-34-49)45-12-8-11-44(37-45)38-9-2-1-3-10-38)48-31-21-41(22-32-48)42-23-35-50(36-24-42)57-53-15-6-4-13-51(53)52-14-5-7-16-54(52)57/h1-37H,55H2. The lowest BCUT2D eigenvalue weighted by Crippen LogP contribution is -2.09. The summed E-state index contributed by atoms with van der Waals surface area (Å²) in [4.78, 5) is 2.33. The average Bonchev–Trinajstić information content (AvgIpc) is 3.62. The van der Waals surface area contributed by atoms with Crippen molar-refractivity contribution in [3.05, 3.63) is 224 Å². The number of benzene rings is 9. The van der Waals surface area contributed by atoms with Gasteiger partial charge in [0, 0.05) is 39.2 Å². The van der Waals surface area contributed by atoms with Gasteiger partial charge < -0.3 is 15.2 Å². The van der Waals surface area contributed by atoms with E-state index in [2.05, 4.69) is 222 Å². The van der Waals surface area contributed by atoms with Crippen LogP contribution >= 0.6 is 0 Å². The van der Waals surface area contributed by atoms with Gasteiger partial charge in [0.15, 0.2) is 0 Å². The number of fused-ring (bicyclic) bond motifs is 3. The first-order valence-corrected chi connectivity index (χ1v) is 19.4. The highest BCUT2D eigenvalue weighted by atomic mass is 15.1. The highest BCUT2D eigenvalue weighted by Crippen LogP contribution is 2.39. The predicted molar refractivity (Wildman–Crippen MR) is 242 cm³/mol. The second-order valence-electron chi connectivity index (χ2n) is 14.5. The summed E-state index contributed by atoms with van der Waals surface area (Å²) in [5, 5.41) is 2.54. The minimum absolute atomic E-state index is 0.763. The molecular weight excluding hydrogens is 691 g/mol. The molecule has 0 spiro atoms. The Balaban J connectivity index is 0.981. The molecule has 10 aromatic rings. The summed E-state index contributed by atoms with van der Waals surface area (Å²) >= 11 is 0. The Morgan fingerprint density at radius 3 is 1.12 bits per heavy atom. The molecule has 3 nitrogen and oxygen atoms in total. The summed E-state index contributed by atoms with van der Waals surface area (Å²) in [7, 11) is 0. The molecule has 0 saturated carbocycles. The molecule has 270 valence electrons. The number of anilines is 4. The molecule has 57 heavy (non-hydrogen) atoms. The summed E-state index contributed by atoms with van der Waals surface area (Å²) in [6.45, 7) is 0. The van der Waals surface area contributed by atoms with E-state index in [9.17, 15) is 0 Å². The number of aromatic nitrogens is 1. The van der Waals surface area contributed by atoms with Gasteiger partial charge >= 0.3 is 0 Å². The van der Waals surface area contributed by atoms with Crippen molar-refractivity contribution in [2.24, 2.45) is 0 Å². The van der Waals surface area contributed by atoms with Crippen LogP contribution in [0.5, 0.6) is 0 Å². The summed E-state index contributed by atoms with van der Waals surface area (Å²) in [5.41, 5.74) is 23.0. The molecule has 10 rings (SSSR count). The van der Waals surface area contributed by atoms with Gasteiger partial charge in [-0.25, -0.2) is 0 Å². The van der Waals surface area contributed by atoms with Crippen molar-refractivity contribution >= 4 is 44.6 Å². The smallest absolute Gasteiger partial charge is 0.0541 e. The molecule has 0 amide bonds. The average molecular weight is 730 g/mol. The number of hydrogen-bond donors (Lipinski definition) is 1. The molecule has 0 aliphatic rings. The summed E-state index contributed by atoms with van der Waals surface area (Å²) in [6, 6.07) is 80.1. The molecule has 0 aliphatic heterocycles. The van der Waals surface area contributed by atoms with E-state index in [0.717, 1.165) is 39.6 Å². The molecule has 0 bridgehead atoms. The fourth-order valence-corrected chi connectivity index (χ4v) is 8.04. The first-order valence-electron chi connectivity index (χ1n) is 19.4. The molecule has 0 saturated heterocycles. The molecule has 9 aromatic carbocycles. The summed E-state index contributed by atoms with van der Waals surface area (Å²) in [5.74, 6) is 0. The van der Waals surface area contributed by atoms with Crippen LogP contribution in [0.1, 0.15) is 0 Å². The van der Waals surface area contributed by atoms with E-state index in [-0.39, 0.29) is 0 Å². The van der Waals surface area contributed by atoms with Crippen LogP contribution < -0.4 is 10.6 Å². The minimum Gasteiger partial charge on any atom is -0.399 e. The molecule has 0 unspecified atom stereocenters. The van der Waals surface area contributed by atoms with Gasteiger partial charge in [-0.05, 0) is 123 Å². The van der Waals surface area contributed by atoms with Crippen LogP contribution in [0.4, 0.5) is 22.7 Å². The van der Waals surface area contributed by atoms with Crippen molar-refractivity contribution in [3.63, 3.8) is 0 Å². The Morgan fingerprint density at radius 2 is 0.649 bits per heavy atom. The normalized spacial score (nSPS) is 11.2. The highest BCUT2D eigenvalue weighted by molar-refractivity contribution is 6.09. The van der Waals surface area contributed by atoms with Gasteiger partial charge in [-0.2, -0.15) is 0 Å². The number of nitrogen functional groups attached to an aromatic ring is 1. The number of nitrogens with two attached hydrogens (primary N) is 1. The van der Waals surface area contributed by atoms with Crippen LogP contribution in [0.3, 0.4) is 0 Å². The topological polar surface area (TPSA) is 34.2 Å². The fourth-order valence-electron chi connectivity index (χ4n) is 8.04. The van der Waals surface area contributed by atoms with Crippen molar-refractivity contribution in [1.82, 2.24) is 4.57 Å². The number of nitrogens with zero attached hydrogens (tertiary/aromatic N) is 2. The van der Waals surface area contributed by atoms with Crippen molar-refractivity contribution in [2.75, 3.05) is 10.6 Å². The Kier molecular flexibility index (Phi) is 8.66. The minimum atomic E-state index is 0.763. The maximum absolute atomic E-state index is 5.98. The molecule has 0 fully saturated rings. The van der Waals surface area contributed by atoms with E-state index >= 15 is 0 Å². The maximum Gasteiger partial charge on any atom is 0.0541 e. The van der Waals surface area contributed by atoms with Gasteiger partial charge in [0.25, 0.3) is 0 Å². The predicted octanol–water partition coefficient (Wildman–Crippen LogP) is 14.5. The van der Waals surface area contributed by atoms with Crippen LogP contribution in [0.2, 0.25) is 0 Å². The molecule has 3 heteroatoms. The third-order valence-electron chi connectivity index (χ3n) is 11.0. The lowest BCUT2D eigenvalue weighted by atomic mass is 9.98. The zero-order chi connectivity index (χ0) is 38.1. The Labute approximate surface area is 333 Å². The summed E-state index contributed by atoms with van der Waals surface area (Å²) in [6.07, 6.45) is 0. The maximum atomic E-state index is 5.98. The van der Waals surface area contributed by atoms with Crippen LogP contribution in [-0.2, 0) is 0 Å². The first kappa shape index (κ1) is 33.9. The van der Waals surface area contributed by atoms with Gasteiger partial charge in [-0.3, -0.25) is 0 Å². The van der Waals surface area contributed by atoms with E-state index in [4.69, 9.17) is 5.73 Å². The lowest BCUT2D eigenvalue weighted by molar-refractivity contribution is 1.18. The van der Waals surface area contributed by atoms with Crippen LogP contribution in [0.25, 0.3) is 72.0 Å². The lowest BCUT2D eigenvalue weighted by Gasteiger charge is -2.26. The van der Waals surface area contributed by atoms with Crippen molar-refractivity contribution in [2.45, 2.75) is 0 Å². The number of para-hydroxylation sites is 2. The largest absolute Gasteiger partial charge is 0.399 e. The third-order valence-corrected chi connectivity index (χ3v) is 11.0. The van der Waals surface area contributed by atoms with Gasteiger partial charge in [0.1, 0.15) is 0 Å². The van der Waals surface area contributed by atoms with Crippen LogP contribution in [0.15, 0.2) is 224 Å². The van der Waals surface area contributed by atoms with Crippen molar-refractivity contribution in [1.29, 1.82) is 0 Å². The van der Waals surface area contributed by atoms with E-state index in [1.54, 1.807) is 0 Å². The quantitative estimate of drug-likeness (QED) is 0.158. The van der Waals surface area contributed by atoms with Crippen LogP contribution in [0, 0.1) is 0 Å². The van der Waals surface area contributed by atoms with Gasteiger partial charge in [0.2, 0.25) is 0 Å². The molecule has 0 radical (unpaired) electrons. The van der Waals surface area contributed by atoms with E-state index < -0.39 is 0 Å². The molecule has 1 heterocycles. The van der Waals surface area contributed by atoms with E-state index in [1.165, 1.54) is 55.2 Å². The molecule has 0 aliphatic carbocycles. The Bertz CT molecular complexity index is 2910. The summed E-state index contributed by atoms with van der Waals surface area (Å²) < 4.78 is 2.36. The monoisotopic (exact) mass is 729 g/mol.